The second kappa shape index (κ2) is 5.05. The van der Waals surface area contributed by atoms with E-state index in [-0.39, 0.29) is 0 Å². The zero-order valence-corrected chi connectivity index (χ0v) is 10.9. The number of anilines is 1. The van der Waals surface area contributed by atoms with Gasteiger partial charge in [-0.1, -0.05) is 12.1 Å². The van der Waals surface area contributed by atoms with Gasteiger partial charge in [-0.3, -0.25) is 0 Å². The van der Waals surface area contributed by atoms with Crippen molar-refractivity contribution < 1.29 is 9.47 Å². The minimum atomic E-state index is 0.479. The SMILES string of the molecule is COc1ccc(Oc2ncnc3ccccc23)c(N)c1. The van der Waals surface area contributed by atoms with Gasteiger partial charge in [0.2, 0.25) is 5.88 Å². The zero-order valence-electron chi connectivity index (χ0n) is 10.9. The van der Waals surface area contributed by atoms with Crippen molar-refractivity contribution in [1.29, 1.82) is 0 Å². The van der Waals surface area contributed by atoms with Gasteiger partial charge in [-0.05, 0) is 24.3 Å². The predicted octanol–water partition coefficient (Wildman–Crippen LogP) is 3.01. The molecule has 0 unspecified atom stereocenters. The van der Waals surface area contributed by atoms with E-state index in [4.69, 9.17) is 15.2 Å². The van der Waals surface area contributed by atoms with Crippen LogP contribution >= 0.6 is 0 Å². The molecule has 5 heteroatoms. The third-order valence-electron chi connectivity index (χ3n) is 2.93. The van der Waals surface area contributed by atoms with Gasteiger partial charge < -0.3 is 15.2 Å². The second-order valence-corrected chi connectivity index (χ2v) is 4.20. The Kier molecular flexibility index (Phi) is 3.09. The number of methoxy groups -OCH3 is 1. The summed E-state index contributed by atoms with van der Waals surface area (Å²) in [7, 11) is 1.59. The summed E-state index contributed by atoms with van der Waals surface area (Å²) >= 11 is 0. The Morgan fingerprint density at radius 2 is 1.90 bits per heavy atom. The monoisotopic (exact) mass is 267 g/mol. The number of aromatic nitrogens is 2. The molecule has 100 valence electrons. The molecule has 0 atom stereocenters. The van der Waals surface area contributed by atoms with Crippen molar-refractivity contribution >= 4 is 16.6 Å². The molecular formula is C15H13N3O2. The predicted molar refractivity (Wildman–Crippen MR) is 77.0 cm³/mol. The van der Waals surface area contributed by atoms with Crippen LogP contribution in [0.25, 0.3) is 10.9 Å². The first-order valence-corrected chi connectivity index (χ1v) is 6.09. The van der Waals surface area contributed by atoms with Crippen LogP contribution in [0.1, 0.15) is 0 Å². The van der Waals surface area contributed by atoms with Crippen molar-refractivity contribution in [3.63, 3.8) is 0 Å². The van der Waals surface area contributed by atoms with Crippen LogP contribution in [0.2, 0.25) is 0 Å². The van der Waals surface area contributed by atoms with Crippen LogP contribution in [-0.4, -0.2) is 17.1 Å². The lowest BCUT2D eigenvalue weighted by molar-refractivity contribution is 0.413. The normalized spacial score (nSPS) is 10.4. The fourth-order valence-electron chi connectivity index (χ4n) is 1.91. The minimum Gasteiger partial charge on any atom is -0.497 e. The lowest BCUT2D eigenvalue weighted by atomic mass is 10.2. The van der Waals surface area contributed by atoms with Crippen molar-refractivity contribution in [2.45, 2.75) is 0 Å². The van der Waals surface area contributed by atoms with E-state index in [9.17, 15) is 0 Å². The van der Waals surface area contributed by atoms with Gasteiger partial charge in [0.05, 0.1) is 23.7 Å². The van der Waals surface area contributed by atoms with Crippen LogP contribution in [0.5, 0.6) is 17.4 Å². The minimum absolute atomic E-state index is 0.479. The molecule has 3 rings (SSSR count). The van der Waals surface area contributed by atoms with Gasteiger partial charge >= 0.3 is 0 Å². The van der Waals surface area contributed by atoms with E-state index in [2.05, 4.69) is 9.97 Å². The molecule has 0 amide bonds. The topological polar surface area (TPSA) is 70.3 Å². The Morgan fingerprint density at radius 3 is 2.70 bits per heavy atom. The van der Waals surface area contributed by atoms with E-state index < -0.39 is 0 Å². The fourth-order valence-corrected chi connectivity index (χ4v) is 1.91. The summed E-state index contributed by atoms with van der Waals surface area (Å²) in [5.74, 6) is 1.70. The van der Waals surface area contributed by atoms with E-state index in [1.807, 2.05) is 24.3 Å². The first-order chi connectivity index (χ1) is 9.78. The second-order valence-electron chi connectivity index (χ2n) is 4.20. The van der Waals surface area contributed by atoms with Gasteiger partial charge in [-0.25, -0.2) is 9.97 Å². The van der Waals surface area contributed by atoms with Crippen LogP contribution in [-0.2, 0) is 0 Å². The first kappa shape index (κ1) is 12.2. The highest BCUT2D eigenvalue weighted by atomic mass is 16.5. The van der Waals surface area contributed by atoms with Gasteiger partial charge in [0, 0.05) is 6.07 Å². The molecule has 0 aliphatic heterocycles. The summed E-state index contributed by atoms with van der Waals surface area (Å²) in [5, 5.41) is 0.838. The van der Waals surface area contributed by atoms with Gasteiger partial charge in [-0.15, -0.1) is 0 Å². The van der Waals surface area contributed by atoms with Crippen molar-refractivity contribution in [2.75, 3.05) is 12.8 Å². The Morgan fingerprint density at radius 1 is 1.05 bits per heavy atom. The largest absolute Gasteiger partial charge is 0.497 e. The van der Waals surface area contributed by atoms with E-state index in [1.165, 1.54) is 6.33 Å². The summed E-state index contributed by atoms with van der Waals surface area (Å²) in [4.78, 5) is 8.36. The highest BCUT2D eigenvalue weighted by Gasteiger charge is 2.08. The zero-order chi connectivity index (χ0) is 13.9. The quantitative estimate of drug-likeness (QED) is 0.739. The summed E-state index contributed by atoms with van der Waals surface area (Å²) in [6, 6.07) is 12.9. The van der Waals surface area contributed by atoms with E-state index >= 15 is 0 Å². The molecular weight excluding hydrogens is 254 g/mol. The number of benzene rings is 2. The number of fused-ring (bicyclic) bond motifs is 1. The van der Waals surface area contributed by atoms with Gasteiger partial charge in [-0.2, -0.15) is 0 Å². The van der Waals surface area contributed by atoms with Gasteiger partial charge in [0.1, 0.15) is 12.1 Å². The smallest absolute Gasteiger partial charge is 0.230 e. The maximum absolute atomic E-state index is 5.94. The fraction of sp³-hybridized carbons (Fsp3) is 0.0667. The first-order valence-electron chi connectivity index (χ1n) is 6.09. The van der Waals surface area contributed by atoms with Gasteiger partial charge in [0.15, 0.2) is 5.75 Å². The van der Waals surface area contributed by atoms with Crippen LogP contribution in [0.4, 0.5) is 5.69 Å². The average Bonchev–Trinajstić information content (AvgIpc) is 2.49. The maximum atomic E-state index is 5.94. The molecule has 0 spiro atoms. The third-order valence-corrected chi connectivity index (χ3v) is 2.93. The summed E-state index contributed by atoms with van der Waals surface area (Å²) in [6.07, 6.45) is 1.47. The molecule has 2 N–H and O–H groups in total. The standard InChI is InChI=1S/C15H13N3O2/c1-19-10-6-7-14(12(16)8-10)20-15-11-4-2-3-5-13(11)17-9-18-15/h2-9H,16H2,1H3. The molecule has 0 fully saturated rings. The van der Waals surface area contributed by atoms with Crippen LogP contribution in [0, 0.1) is 0 Å². The summed E-state index contributed by atoms with van der Waals surface area (Å²) in [6.45, 7) is 0. The van der Waals surface area contributed by atoms with Crippen molar-refractivity contribution in [3.8, 4) is 17.4 Å². The number of hydrogen-bond acceptors (Lipinski definition) is 5. The Hall–Kier alpha value is -2.82. The third kappa shape index (κ3) is 2.21. The molecule has 2 aromatic carbocycles. The number of hydrogen-bond donors (Lipinski definition) is 1. The molecule has 0 saturated carbocycles. The number of nitrogen functional groups attached to an aromatic ring is 1. The van der Waals surface area contributed by atoms with Gasteiger partial charge in [0.25, 0.3) is 0 Å². The Balaban J connectivity index is 2.01. The highest BCUT2D eigenvalue weighted by Crippen LogP contribution is 2.32. The van der Waals surface area contributed by atoms with Crippen LogP contribution < -0.4 is 15.2 Å². The number of rotatable bonds is 3. The molecule has 0 radical (unpaired) electrons. The van der Waals surface area contributed by atoms with Crippen LogP contribution in [0.15, 0.2) is 48.8 Å². The highest BCUT2D eigenvalue weighted by molar-refractivity contribution is 5.83. The maximum Gasteiger partial charge on any atom is 0.230 e. The lowest BCUT2D eigenvalue weighted by Crippen LogP contribution is -1.96. The van der Waals surface area contributed by atoms with Crippen molar-refractivity contribution in [3.05, 3.63) is 48.8 Å². The molecule has 0 aliphatic carbocycles. The number of ether oxygens (including phenoxy) is 2. The number of para-hydroxylation sites is 1. The molecule has 1 heterocycles. The molecule has 0 bridgehead atoms. The number of nitrogens with zero attached hydrogens (tertiary/aromatic N) is 2. The average molecular weight is 267 g/mol. The summed E-state index contributed by atoms with van der Waals surface area (Å²) < 4.78 is 10.9. The van der Waals surface area contributed by atoms with Crippen molar-refractivity contribution in [2.24, 2.45) is 0 Å². The molecule has 0 aliphatic rings. The van der Waals surface area contributed by atoms with Crippen LogP contribution in [0.3, 0.4) is 0 Å². The molecule has 20 heavy (non-hydrogen) atoms. The Bertz CT molecular complexity index is 754. The summed E-state index contributed by atoms with van der Waals surface area (Å²) in [5.41, 5.74) is 7.26. The molecule has 5 nitrogen and oxygen atoms in total. The lowest BCUT2D eigenvalue weighted by Gasteiger charge is -2.10. The number of nitrogens with two attached hydrogens (primary N) is 1. The van der Waals surface area contributed by atoms with Crippen molar-refractivity contribution in [1.82, 2.24) is 9.97 Å². The van der Waals surface area contributed by atoms with E-state index in [0.29, 0.717) is 23.1 Å². The molecule has 1 aromatic heterocycles. The molecule has 0 saturated heterocycles. The van der Waals surface area contributed by atoms with E-state index in [1.54, 1.807) is 25.3 Å². The van der Waals surface area contributed by atoms with E-state index in [0.717, 1.165) is 10.9 Å². The molecule has 3 aromatic rings. The Labute approximate surface area is 116 Å².